The van der Waals surface area contributed by atoms with Crippen molar-refractivity contribution in [3.05, 3.63) is 0 Å². The molecule has 0 radical (unpaired) electrons. The predicted octanol–water partition coefficient (Wildman–Crippen LogP) is 3.47. The fraction of sp³-hybridized carbons (Fsp3) is 1.00. The van der Waals surface area contributed by atoms with Gasteiger partial charge >= 0.3 is 0 Å². The minimum Gasteiger partial charge on any atom is -0.396 e. The van der Waals surface area contributed by atoms with Gasteiger partial charge in [-0.25, -0.2) is 4.89 Å². The van der Waals surface area contributed by atoms with Crippen molar-refractivity contribution in [3.8, 4) is 0 Å². The van der Waals surface area contributed by atoms with Crippen LogP contribution in [-0.2, 0) is 4.89 Å². The lowest BCUT2D eigenvalue weighted by Gasteiger charge is -1.93. The lowest BCUT2D eigenvalue weighted by molar-refractivity contribution is -0.242. The predicted molar refractivity (Wildman–Crippen MR) is 61.4 cm³/mol. The van der Waals surface area contributed by atoms with Crippen molar-refractivity contribution in [1.29, 1.82) is 0 Å². The first-order valence-electron chi connectivity index (χ1n) is 5.70. The molecule has 90 valence electrons. The first-order valence-corrected chi connectivity index (χ1v) is 5.70. The van der Waals surface area contributed by atoms with Gasteiger partial charge in [-0.15, -0.1) is 0 Å². The Morgan fingerprint density at radius 1 is 0.929 bits per heavy atom. The zero-order valence-electron chi connectivity index (χ0n) is 10.3. The Labute approximate surface area is 89.0 Å². The normalized spacial score (nSPS) is 8.14. The van der Waals surface area contributed by atoms with Crippen molar-refractivity contribution in [3.63, 3.8) is 0 Å². The van der Waals surface area contributed by atoms with Gasteiger partial charge in [-0.05, 0) is 12.8 Å². The maximum absolute atomic E-state index is 7.88. The van der Waals surface area contributed by atoms with Crippen LogP contribution in [0.2, 0.25) is 0 Å². The van der Waals surface area contributed by atoms with Crippen LogP contribution in [0.1, 0.15) is 59.8 Å². The number of aliphatic hydroxyl groups excluding tert-OH is 1. The van der Waals surface area contributed by atoms with Crippen LogP contribution in [0.5, 0.6) is 0 Å². The van der Waals surface area contributed by atoms with Gasteiger partial charge in [-0.1, -0.05) is 47.0 Å². The molecule has 2 N–H and O–H groups in total. The van der Waals surface area contributed by atoms with E-state index in [0.717, 1.165) is 19.3 Å². The third kappa shape index (κ3) is 40.7. The summed E-state index contributed by atoms with van der Waals surface area (Å²) in [5.41, 5.74) is 0. The van der Waals surface area contributed by atoms with E-state index in [4.69, 9.17) is 10.4 Å². The fourth-order valence-corrected chi connectivity index (χ4v) is 0.593. The number of rotatable bonds is 6. The first-order chi connectivity index (χ1) is 6.83. The second-order valence-corrected chi connectivity index (χ2v) is 2.62. The van der Waals surface area contributed by atoms with Crippen LogP contribution < -0.4 is 0 Å². The zero-order valence-corrected chi connectivity index (χ0v) is 10.3. The van der Waals surface area contributed by atoms with Crippen LogP contribution in [0.3, 0.4) is 0 Å². The molecule has 0 heterocycles. The minimum atomic E-state index is 0.319. The molecule has 0 spiro atoms. The summed E-state index contributed by atoms with van der Waals surface area (Å²) in [6.07, 6.45) is 5.48. The first kappa shape index (κ1) is 19.5. The summed E-state index contributed by atoms with van der Waals surface area (Å²) >= 11 is 0. The lowest BCUT2D eigenvalue weighted by Crippen LogP contribution is -1.87. The van der Waals surface area contributed by atoms with E-state index in [1.54, 1.807) is 0 Å². The summed E-state index contributed by atoms with van der Waals surface area (Å²) in [6.45, 7) is 8.89. The summed E-state index contributed by atoms with van der Waals surface area (Å²) in [6, 6.07) is 0. The number of aliphatic hydroxyl groups is 1. The van der Waals surface area contributed by atoms with E-state index >= 15 is 0 Å². The average molecular weight is 208 g/mol. The summed E-state index contributed by atoms with van der Waals surface area (Å²) in [5.74, 6) is 0. The molecule has 0 aromatic carbocycles. The fourth-order valence-electron chi connectivity index (χ4n) is 0.593. The standard InChI is InChI=1S/C6H14O2.C3H8O.C2H6/c1-2-3-4-5-6-8-7;1-2-3-4;1-2/h7H,2-6H2,1H3;4H,2-3H2,1H3;1-2H3. The zero-order chi connectivity index (χ0) is 11.7. The smallest absolute Gasteiger partial charge is 0.0819 e. The van der Waals surface area contributed by atoms with Crippen molar-refractivity contribution in [2.45, 2.75) is 59.8 Å². The van der Waals surface area contributed by atoms with Crippen LogP contribution in [-0.4, -0.2) is 23.6 Å². The highest BCUT2D eigenvalue weighted by Crippen LogP contribution is 1.97. The minimum absolute atomic E-state index is 0.319. The molecule has 0 aliphatic rings. The van der Waals surface area contributed by atoms with Crippen LogP contribution in [0.4, 0.5) is 0 Å². The van der Waals surface area contributed by atoms with Crippen molar-refractivity contribution < 1.29 is 15.3 Å². The van der Waals surface area contributed by atoms with Gasteiger partial charge in [0.1, 0.15) is 0 Å². The van der Waals surface area contributed by atoms with Crippen LogP contribution in [0, 0.1) is 0 Å². The van der Waals surface area contributed by atoms with Gasteiger partial charge in [0.15, 0.2) is 0 Å². The monoisotopic (exact) mass is 208 g/mol. The van der Waals surface area contributed by atoms with Gasteiger partial charge in [0.25, 0.3) is 0 Å². The largest absolute Gasteiger partial charge is 0.396 e. The lowest BCUT2D eigenvalue weighted by atomic mass is 10.2. The molecule has 0 saturated carbocycles. The van der Waals surface area contributed by atoms with Gasteiger partial charge in [0.05, 0.1) is 6.61 Å². The van der Waals surface area contributed by atoms with Gasteiger partial charge < -0.3 is 5.11 Å². The van der Waals surface area contributed by atoms with E-state index in [9.17, 15) is 0 Å². The van der Waals surface area contributed by atoms with Gasteiger partial charge in [0.2, 0.25) is 0 Å². The quantitative estimate of drug-likeness (QED) is 0.399. The average Bonchev–Trinajstić information content (AvgIpc) is 2.28. The highest BCUT2D eigenvalue weighted by Gasteiger charge is 1.84. The van der Waals surface area contributed by atoms with Crippen molar-refractivity contribution in [2.24, 2.45) is 0 Å². The molecule has 0 atom stereocenters. The Kier molecular flexibility index (Phi) is 40.7. The molecule has 3 nitrogen and oxygen atoms in total. The maximum atomic E-state index is 7.88. The summed E-state index contributed by atoms with van der Waals surface area (Å²) in [4.78, 5) is 3.89. The molecule has 0 aliphatic heterocycles. The van der Waals surface area contributed by atoms with E-state index in [-0.39, 0.29) is 0 Å². The van der Waals surface area contributed by atoms with Crippen LogP contribution >= 0.6 is 0 Å². The molecule has 0 aliphatic carbocycles. The molecule has 14 heavy (non-hydrogen) atoms. The van der Waals surface area contributed by atoms with E-state index in [1.165, 1.54) is 12.8 Å². The van der Waals surface area contributed by atoms with E-state index in [2.05, 4.69) is 11.8 Å². The molecule has 0 rings (SSSR count). The van der Waals surface area contributed by atoms with Crippen molar-refractivity contribution in [1.82, 2.24) is 0 Å². The molecule has 3 heteroatoms. The van der Waals surface area contributed by atoms with Gasteiger partial charge in [-0.2, -0.15) is 0 Å². The molecule has 0 amide bonds. The van der Waals surface area contributed by atoms with Crippen molar-refractivity contribution in [2.75, 3.05) is 13.2 Å². The van der Waals surface area contributed by atoms with Crippen LogP contribution in [0.15, 0.2) is 0 Å². The van der Waals surface area contributed by atoms with Crippen LogP contribution in [0.25, 0.3) is 0 Å². The Morgan fingerprint density at radius 2 is 1.43 bits per heavy atom. The Bertz CT molecular complexity index is 50.5. The third-order valence-electron chi connectivity index (χ3n) is 1.31. The summed E-state index contributed by atoms with van der Waals surface area (Å²) in [5, 5.41) is 15.7. The Hall–Kier alpha value is -0.120. The summed E-state index contributed by atoms with van der Waals surface area (Å²) in [7, 11) is 0. The highest BCUT2D eigenvalue weighted by molar-refractivity contribution is 4.36. The van der Waals surface area contributed by atoms with E-state index in [0.29, 0.717) is 13.2 Å². The summed E-state index contributed by atoms with van der Waals surface area (Å²) < 4.78 is 0. The molecular formula is C11H28O3. The number of hydrogen-bond acceptors (Lipinski definition) is 3. The van der Waals surface area contributed by atoms with E-state index in [1.807, 2.05) is 20.8 Å². The third-order valence-corrected chi connectivity index (χ3v) is 1.31. The molecule has 0 aromatic rings. The van der Waals surface area contributed by atoms with E-state index < -0.39 is 0 Å². The molecule has 0 fully saturated rings. The maximum Gasteiger partial charge on any atom is 0.0819 e. The molecule has 0 bridgehead atoms. The SMILES string of the molecule is CC.CCCCCCOO.CCCO. The van der Waals surface area contributed by atoms with Gasteiger partial charge in [0, 0.05) is 6.61 Å². The number of hydrogen-bond donors (Lipinski definition) is 2. The molecule has 0 saturated heterocycles. The topological polar surface area (TPSA) is 49.7 Å². The number of unbranched alkanes of at least 4 members (excludes halogenated alkanes) is 3. The second-order valence-electron chi connectivity index (χ2n) is 2.62. The molecular weight excluding hydrogens is 180 g/mol. The second kappa shape index (κ2) is 29.3. The molecule has 0 unspecified atom stereocenters. The van der Waals surface area contributed by atoms with Crippen molar-refractivity contribution >= 4 is 0 Å². The highest BCUT2D eigenvalue weighted by atomic mass is 17.1. The Morgan fingerprint density at radius 3 is 1.71 bits per heavy atom. The molecule has 0 aromatic heterocycles. The Balaban J connectivity index is -0.000000170. The van der Waals surface area contributed by atoms with Gasteiger partial charge in [-0.3, -0.25) is 5.26 Å².